The molecule has 0 bridgehead atoms. The first kappa shape index (κ1) is 18.8. The van der Waals surface area contributed by atoms with E-state index in [4.69, 9.17) is 5.73 Å². The molecule has 1 aliphatic carbocycles. The number of halogens is 4. The molecule has 0 unspecified atom stereocenters. The van der Waals surface area contributed by atoms with Gasteiger partial charge >= 0.3 is 6.18 Å². The average molecular weight is 337 g/mol. The lowest BCUT2D eigenvalue weighted by molar-refractivity contribution is -0.137. The summed E-state index contributed by atoms with van der Waals surface area (Å²) in [6.07, 6.45) is -0.891. The van der Waals surface area contributed by atoms with E-state index in [2.05, 4.69) is 5.32 Å². The molecule has 0 aromatic heterocycles. The monoisotopic (exact) mass is 336 g/mol. The SMILES string of the molecule is Cl.NCC(=O)NCC1(c2cccc(C(F)(F)F)c2)CCCC1. The van der Waals surface area contributed by atoms with Crippen LogP contribution >= 0.6 is 12.4 Å². The van der Waals surface area contributed by atoms with E-state index in [0.717, 1.165) is 31.7 Å². The number of nitrogens with one attached hydrogen (secondary N) is 1. The minimum Gasteiger partial charge on any atom is -0.354 e. The molecule has 0 atom stereocenters. The molecule has 3 N–H and O–H groups in total. The summed E-state index contributed by atoms with van der Waals surface area (Å²) in [4.78, 5) is 11.4. The molecule has 1 aromatic rings. The molecule has 1 saturated carbocycles. The van der Waals surface area contributed by atoms with E-state index < -0.39 is 17.2 Å². The lowest BCUT2D eigenvalue weighted by atomic mass is 9.78. The minimum absolute atomic E-state index is 0. The van der Waals surface area contributed by atoms with Crippen LogP contribution in [-0.2, 0) is 16.4 Å². The highest BCUT2D eigenvalue weighted by molar-refractivity contribution is 5.85. The van der Waals surface area contributed by atoms with Crippen LogP contribution in [0.3, 0.4) is 0 Å². The van der Waals surface area contributed by atoms with Gasteiger partial charge in [-0.25, -0.2) is 0 Å². The molecule has 22 heavy (non-hydrogen) atoms. The number of rotatable bonds is 4. The fourth-order valence-electron chi connectivity index (χ4n) is 2.98. The molecular formula is C15H20ClF3N2O. The Morgan fingerprint density at radius 1 is 1.27 bits per heavy atom. The van der Waals surface area contributed by atoms with E-state index >= 15 is 0 Å². The maximum atomic E-state index is 12.9. The number of carbonyl (C=O) groups is 1. The maximum absolute atomic E-state index is 12.9. The van der Waals surface area contributed by atoms with Crippen LogP contribution in [0.1, 0.15) is 36.8 Å². The van der Waals surface area contributed by atoms with E-state index in [0.29, 0.717) is 12.1 Å². The molecule has 0 radical (unpaired) electrons. The number of hydrogen-bond acceptors (Lipinski definition) is 2. The topological polar surface area (TPSA) is 55.1 Å². The zero-order valence-corrected chi connectivity index (χ0v) is 12.9. The quantitative estimate of drug-likeness (QED) is 0.888. The van der Waals surface area contributed by atoms with Crippen molar-refractivity contribution in [2.75, 3.05) is 13.1 Å². The van der Waals surface area contributed by atoms with Crippen molar-refractivity contribution >= 4 is 18.3 Å². The number of benzene rings is 1. The second-order valence-electron chi connectivity index (χ2n) is 5.55. The molecule has 3 nitrogen and oxygen atoms in total. The summed E-state index contributed by atoms with van der Waals surface area (Å²) >= 11 is 0. The molecule has 2 rings (SSSR count). The Hall–Kier alpha value is -1.27. The Balaban J connectivity index is 0.00000242. The van der Waals surface area contributed by atoms with Gasteiger partial charge in [0.05, 0.1) is 12.1 Å². The lowest BCUT2D eigenvalue weighted by Crippen LogP contribution is -2.41. The van der Waals surface area contributed by atoms with Gasteiger partial charge in [-0.1, -0.05) is 31.0 Å². The standard InChI is InChI=1S/C15H19F3N2O.ClH/c16-15(17,18)12-5-3-4-11(8-12)14(6-1-2-7-14)10-20-13(21)9-19;/h3-5,8H,1-2,6-7,9-10,19H2,(H,20,21);1H. The molecule has 0 heterocycles. The molecule has 1 aliphatic rings. The van der Waals surface area contributed by atoms with Gasteiger partial charge in [0.2, 0.25) is 5.91 Å². The summed E-state index contributed by atoms with van der Waals surface area (Å²) in [5.74, 6) is -0.284. The first-order valence-corrected chi connectivity index (χ1v) is 7.02. The van der Waals surface area contributed by atoms with E-state index in [1.54, 1.807) is 6.07 Å². The molecule has 0 spiro atoms. The third kappa shape index (κ3) is 4.14. The van der Waals surface area contributed by atoms with Crippen molar-refractivity contribution in [2.24, 2.45) is 5.73 Å². The second-order valence-corrected chi connectivity index (χ2v) is 5.55. The van der Waals surface area contributed by atoms with Crippen molar-refractivity contribution in [1.29, 1.82) is 0 Å². The maximum Gasteiger partial charge on any atom is 0.416 e. The Kier molecular flexibility index (Phi) is 6.26. The van der Waals surface area contributed by atoms with Crippen molar-refractivity contribution in [1.82, 2.24) is 5.32 Å². The summed E-state index contributed by atoms with van der Waals surface area (Å²) in [6, 6.07) is 5.43. The molecule has 1 aromatic carbocycles. The molecular weight excluding hydrogens is 317 g/mol. The fourth-order valence-corrected chi connectivity index (χ4v) is 2.98. The Labute approximate surface area is 133 Å². The van der Waals surface area contributed by atoms with E-state index in [1.807, 2.05) is 0 Å². The highest BCUT2D eigenvalue weighted by Gasteiger charge is 2.38. The molecule has 7 heteroatoms. The summed E-state index contributed by atoms with van der Waals surface area (Å²) in [6.45, 7) is 0.225. The third-order valence-electron chi connectivity index (χ3n) is 4.17. The average Bonchev–Trinajstić information content (AvgIpc) is 2.94. The van der Waals surface area contributed by atoms with Gasteiger partial charge in [-0.2, -0.15) is 13.2 Å². The fraction of sp³-hybridized carbons (Fsp3) is 0.533. The molecule has 1 fully saturated rings. The zero-order valence-electron chi connectivity index (χ0n) is 12.1. The number of hydrogen-bond donors (Lipinski definition) is 2. The first-order valence-electron chi connectivity index (χ1n) is 7.02. The van der Waals surface area contributed by atoms with Gasteiger partial charge in [-0.3, -0.25) is 4.79 Å². The Morgan fingerprint density at radius 3 is 2.45 bits per heavy atom. The predicted octanol–water partition coefficient (Wildman–Crippen LogP) is 3.01. The lowest BCUT2D eigenvalue weighted by Gasteiger charge is -2.30. The molecule has 124 valence electrons. The minimum atomic E-state index is -4.35. The summed E-state index contributed by atoms with van der Waals surface area (Å²) in [5.41, 5.74) is 4.85. The van der Waals surface area contributed by atoms with Crippen LogP contribution in [0.4, 0.5) is 13.2 Å². The summed E-state index contributed by atoms with van der Waals surface area (Å²) in [7, 11) is 0. The Morgan fingerprint density at radius 2 is 1.91 bits per heavy atom. The molecule has 0 saturated heterocycles. The van der Waals surface area contributed by atoms with E-state index in [9.17, 15) is 18.0 Å². The van der Waals surface area contributed by atoms with Crippen LogP contribution in [0, 0.1) is 0 Å². The van der Waals surface area contributed by atoms with Gasteiger partial charge in [0, 0.05) is 12.0 Å². The number of carbonyl (C=O) groups excluding carboxylic acids is 1. The van der Waals surface area contributed by atoms with Crippen LogP contribution in [0.2, 0.25) is 0 Å². The summed E-state index contributed by atoms with van der Waals surface area (Å²) < 4.78 is 38.6. The van der Waals surface area contributed by atoms with Gasteiger partial charge in [0.25, 0.3) is 0 Å². The smallest absolute Gasteiger partial charge is 0.354 e. The number of nitrogens with two attached hydrogens (primary N) is 1. The number of amides is 1. The van der Waals surface area contributed by atoms with Gasteiger partial charge in [-0.05, 0) is 24.5 Å². The van der Waals surface area contributed by atoms with Crippen molar-refractivity contribution in [3.8, 4) is 0 Å². The highest BCUT2D eigenvalue weighted by atomic mass is 35.5. The van der Waals surface area contributed by atoms with Gasteiger partial charge < -0.3 is 11.1 Å². The summed E-state index contributed by atoms with van der Waals surface area (Å²) in [5, 5.41) is 2.73. The zero-order chi connectivity index (χ0) is 15.5. The first-order chi connectivity index (χ1) is 9.87. The normalized spacial score (nSPS) is 16.9. The predicted molar refractivity (Wildman–Crippen MR) is 80.9 cm³/mol. The highest BCUT2D eigenvalue weighted by Crippen LogP contribution is 2.42. The molecule has 1 amide bonds. The van der Waals surface area contributed by atoms with Crippen LogP contribution in [0.5, 0.6) is 0 Å². The molecule has 0 aliphatic heterocycles. The van der Waals surface area contributed by atoms with Crippen molar-refractivity contribution < 1.29 is 18.0 Å². The van der Waals surface area contributed by atoms with E-state index in [1.165, 1.54) is 12.1 Å². The van der Waals surface area contributed by atoms with Crippen LogP contribution < -0.4 is 11.1 Å². The van der Waals surface area contributed by atoms with Crippen molar-refractivity contribution in [3.63, 3.8) is 0 Å². The van der Waals surface area contributed by atoms with Crippen molar-refractivity contribution in [3.05, 3.63) is 35.4 Å². The van der Waals surface area contributed by atoms with Gasteiger partial charge in [-0.15, -0.1) is 12.4 Å². The van der Waals surface area contributed by atoms with Crippen LogP contribution in [-0.4, -0.2) is 19.0 Å². The Bertz CT molecular complexity index is 514. The second kappa shape index (κ2) is 7.33. The van der Waals surface area contributed by atoms with Crippen LogP contribution in [0.25, 0.3) is 0 Å². The van der Waals surface area contributed by atoms with E-state index in [-0.39, 0.29) is 24.9 Å². The van der Waals surface area contributed by atoms with Crippen LogP contribution in [0.15, 0.2) is 24.3 Å². The van der Waals surface area contributed by atoms with Crippen molar-refractivity contribution in [2.45, 2.75) is 37.3 Å². The largest absolute Gasteiger partial charge is 0.416 e. The van der Waals surface area contributed by atoms with Gasteiger partial charge in [0.15, 0.2) is 0 Å². The third-order valence-corrected chi connectivity index (χ3v) is 4.17. The van der Waals surface area contributed by atoms with Gasteiger partial charge in [0.1, 0.15) is 0 Å². The number of alkyl halides is 3.